The Hall–Kier alpha value is -3.15. The molecular formula is C22H23N3O2. The van der Waals surface area contributed by atoms with Gasteiger partial charge in [0.15, 0.2) is 0 Å². The zero-order valence-electron chi connectivity index (χ0n) is 15.0. The topological polar surface area (TPSA) is 87.4 Å². The van der Waals surface area contributed by atoms with E-state index in [1.54, 1.807) is 24.3 Å². The second-order valence-electron chi connectivity index (χ2n) is 6.21. The molecule has 5 heteroatoms. The van der Waals surface area contributed by atoms with Crippen molar-refractivity contribution in [1.29, 1.82) is 0 Å². The van der Waals surface area contributed by atoms with Crippen molar-refractivity contribution in [2.75, 3.05) is 18.4 Å². The number of phenolic OH excluding ortho intramolecular Hbond substituents is 1. The summed E-state index contributed by atoms with van der Waals surface area (Å²) in [6, 6.07) is 22.3. The molecule has 0 spiro atoms. The summed E-state index contributed by atoms with van der Waals surface area (Å²) < 4.78 is 0. The Labute approximate surface area is 158 Å². The van der Waals surface area contributed by atoms with E-state index in [-0.39, 0.29) is 11.7 Å². The lowest BCUT2D eigenvalue weighted by molar-refractivity contribution is 0.102. The van der Waals surface area contributed by atoms with E-state index in [0.717, 1.165) is 23.2 Å². The molecule has 138 valence electrons. The van der Waals surface area contributed by atoms with Crippen LogP contribution in [0.5, 0.6) is 5.75 Å². The Bertz CT molecular complexity index is 893. The van der Waals surface area contributed by atoms with Crippen LogP contribution < -0.4 is 16.4 Å². The van der Waals surface area contributed by atoms with Crippen LogP contribution in [0.2, 0.25) is 0 Å². The Morgan fingerprint density at radius 3 is 2.37 bits per heavy atom. The van der Waals surface area contributed by atoms with Crippen LogP contribution in [0.1, 0.15) is 15.9 Å². The van der Waals surface area contributed by atoms with Gasteiger partial charge in [0.2, 0.25) is 0 Å². The second kappa shape index (κ2) is 8.98. The van der Waals surface area contributed by atoms with Crippen molar-refractivity contribution < 1.29 is 9.90 Å². The number of nitrogens with one attached hydrogen (secondary N) is 2. The molecule has 0 heterocycles. The summed E-state index contributed by atoms with van der Waals surface area (Å²) in [6.07, 6.45) is 0. The van der Waals surface area contributed by atoms with Crippen molar-refractivity contribution in [3.8, 4) is 16.9 Å². The minimum Gasteiger partial charge on any atom is -0.506 e. The van der Waals surface area contributed by atoms with Crippen LogP contribution in [0.3, 0.4) is 0 Å². The first-order valence-electron chi connectivity index (χ1n) is 8.87. The maximum atomic E-state index is 12.5. The molecule has 27 heavy (non-hydrogen) atoms. The number of nitrogens with two attached hydrogens (primary N) is 1. The van der Waals surface area contributed by atoms with E-state index in [2.05, 4.69) is 10.6 Å². The molecule has 0 bridgehead atoms. The van der Waals surface area contributed by atoms with Gasteiger partial charge >= 0.3 is 0 Å². The second-order valence-corrected chi connectivity index (χ2v) is 6.21. The summed E-state index contributed by atoms with van der Waals surface area (Å²) in [5.74, 6) is -0.234. The Morgan fingerprint density at radius 2 is 1.67 bits per heavy atom. The molecule has 5 N–H and O–H groups in total. The molecule has 3 rings (SSSR count). The molecule has 0 saturated heterocycles. The van der Waals surface area contributed by atoms with Crippen LogP contribution in [-0.2, 0) is 6.54 Å². The third kappa shape index (κ3) is 4.94. The number of anilines is 1. The summed E-state index contributed by atoms with van der Waals surface area (Å²) in [7, 11) is 0. The quantitative estimate of drug-likeness (QED) is 0.384. The fourth-order valence-corrected chi connectivity index (χ4v) is 2.75. The average Bonchev–Trinajstić information content (AvgIpc) is 2.71. The average molecular weight is 361 g/mol. The van der Waals surface area contributed by atoms with E-state index in [9.17, 15) is 9.90 Å². The van der Waals surface area contributed by atoms with E-state index in [0.29, 0.717) is 24.3 Å². The van der Waals surface area contributed by atoms with Crippen LogP contribution in [0, 0.1) is 0 Å². The van der Waals surface area contributed by atoms with E-state index in [4.69, 9.17) is 5.73 Å². The molecular weight excluding hydrogens is 338 g/mol. The highest BCUT2D eigenvalue weighted by Gasteiger charge is 2.10. The van der Waals surface area contributed by atoms with E-state index < -0.39 is 0 Å². The first-order chi connectivity index (χ1) is 13.2. The highest BCUT2D eigenvalue weighted by molar-refractivity contribution is 6.05. The van der Waals surface area contributed by atoms with Crippen molar-refractivity contribution in [2.24, 2.45) is 5.73 Å². The van der Waals surface area contributed by atoms with Crippen LogP contribution in [0.25, 0.3) is 11.1 Å². The molecule has 5 nitrogen and oxygen atoms in total. The molecule has 0 atom stereocenters. The minimum atomic E-state index is -0.267. The van der Waals surface area contributed by atoms with Gasteiger partial charge < -0.3 is 21.5 Å². The number of hydrogen-bond donors (Lipinski definition) is 4. The Morgan fingerprint density at radius 1 is 0.926 bits per heavy atom. The van der Waals surface area contributed by atoms with Gasteiger partial charge in [0.05, 0.1) is 5.69 Å². The highest BCUT2D eigenvalue weighted by atomic mass is 16.3. The third-order valence-electron chi connectivity index (χ3n) is 4.22. The van der Waals surface area contributed by atoms with Crippen molar-refractivity contribution in [3.05, 3.63) is 83.9 Å². The summed E-state index contributed by atoms with van der Waals surface area (Å²) in [5.41, 5.74) is 9.38. The lowest BCUT2D eigenvalue weighted by atomic mass is 10.0. The fourth-order valence-electron chi connectivity index (χ4n) is 2.75. The van der Waals surface area contributed by atoms with Gasteiger partial charge in [-0.2, -0.15) is 0 Å². The number of carbonyl (C=O) groups excluding carboxylic acids is 1. The number of amides is 1. The molecule has 3 aromatic rings. The minimum absolute atomic E-state index is 0.0330. The van der Waals surface area contributed by atoms with Gasteiger partial charge in [-0.3, -0.25) is 4.79 Å². The number of phenols is 1. The van der Waals surface area contributed by atoms with E-state index in [1.165, 1.54) is 0 Å². The molecule has 0 aliphatic rings. The molecule has 3 aromatic carbocycles. The van der Waals surface area contributed by atoms with Gasteiger partial charge in [0.25, 0.3) is 5.91 Å². The lowest BCUT2D eigenvalue weighted by Crippen LogP contribution is -2.21. The van der Waals surface area contributed by atoms with E-state index >= 15 is 0 Å². The summed E-state index contributed by atoms with van der Waals surface area (Å²) >= 11 is 0. The number of rotatable bonds is 7. The number of benzene rings is 3. The molecule has 0 unspecified atom stereocenters. The largest absolute Gasteiger partial charge is 0.506 e. The lowest BCUT2D eigenvalue weighted by Gasteiger charge is -2.10. The SMILES string of the molecule is NCCNCc1ccc(C(=O)Nc2cc(-c3ccccc3)ccc2O)cc1. The maximum Gasteiger partial charge on any atom is 0.255 e. The van der Waals surface area contributed by atoms with Crippen molar-refractivity contribution in [3.63, 3.8) is 0 Å². The Kier molecular flexibility index (Phi) is 6.20. The van der Waals surface area contributed by atoms with Crippen LogP contribution >= 0.6 is 0 Å². The number of aromatic hydroxyl groups is 1. The van der Waals surface area contributed by atoms with Crippen molar-refractivity contribution in [1.82, 2.24) is 5.32 Å². The molecule has 0 aliphatic carbocycles. The zero-order valence-corrected chi connectivity index (χ0v) is 15.0. The maximum absolute atomic E-state index is 12.5. The van der Waals surface area contributed by atoms with Gasteiger partial charge in [-0.05, 0) is 41.0 Å². The van der Waals surface area contributed by atoms with Crippen LogP contribution in [0.4, 0.5) is 5.69 Å². The first kappa shape index (κ1) is 18.6. The Balaban J connectivity index is 1.72. The smallest absolute Gasteiger partial charge is 0.255 e. The van der Waals surface area contributed by atoms with Gasteiger partial charge in [-0.1, -0.05) is 48.5 Å². The highest BCUT2D eigenvalue weighted by Crippen LogP contribution is 2.30. The molecule has 0 saturated carbocycles. The number of hydrogen-bond acceptors (Lipinski definition) is 4. The van der Waals surface area contributed by atoms with Crippen LogP contribution in [0.15, 0.2) is 72.8 Å². The standard InChI is InChI=1S/C22H23N3O2/c23-12-13-24-15-16-6-8-18(9-7-16)22(27)25-20-14-19(10-11-21(20)26)17-4-2-1-3-5-17/h1-11,14,24,26H,12-13,15,23H2,(H,25,27). The normalized spacial score (nSPS) is 10.6. The van der Waals surface area contributed by atoms with Gasteiger partial charge in [0.1, 0.15) is 5.75 Å². The summed E-state index contributed by atoms with van der Waals surface area (Å²) in [4.78, 5) is 12.5. The predicted molar refractivity (Wildman–Crippen MR) is 109 cm³/mol. The fraction of sp³-hybridized carbons (Fsp3) is 0.136. The van der Waals surface area contributed by atoms with Gasteiger partial charge in [-0.25, -0.2) is 0 Å². The van der Waals surface area contributed by atoms with Crippen molar-refractivity contribution >= 4 is 11.6 Å². The van der Waals surface area contributed by atoms with E-state index in [1.807, 2.05) is 48.5 Å². The van der Waals surface area contributed by atoms with Gasteiger partial charge in [0, 0.05) is 25.2 Å². The molecule has 0 aliphatic heterocycles. The van der Waals surface area contributed by atoms with Crippen LogP contribution in [-0.4, -0.2) is 24.1 Å². The monoisotopic (exact) mass is 361 g/mol. The zero-order chi connectivity index (χ0) is 19.1. The molecule has 0 radical (unpaired) electrons. The third-order valence-corrected chi connectivity index (χ3v) is 4.22. The summed E-state index contributed by atoms with van der Waals surface area (Å²) in [6.45, 7) is 2.05. The number of carbonyl (C=O) groups is 1. The molecule has 0 fully saturated rings. The van der Waals surface area contributed by atoms with Crippen molar-refractivity contribution in [2.45, 2.75) is 6.54 Å². The predicted octanol–water partition coefficient (Wildman–Crippen LogP) is 3.36. The van der Waals surface area contributed by atoms with Gasteiger partial charge in [-0.15, -0.1) is 0 Å². The molecule has 0 aromatic heterocycles. The molecule has 1 amide bonds. The first-order valence-corrected chi connectivity index (χ1v) is 8.87. The summed E-state index contributed by atoms with van der Waals surface area (Å²) in [5, 5.41) is 16.1.